The standard InChI is InChI=1S/C15H10Cl2F2N4OS2/c16-8-5-11(17)13-21-22-15(23(13)6-8)25-7-12(24)20-9-1-3-10(4-2-9)26-14(18)19/h1-6,14H,7H2,(H,20,24). The van der Waals surface area contributed by atoms with Crippen LogP contribution in [0.5, 0.6) is 0 Å². The van der Waals surface area contributed by atoms with E-state index < -0.39 is 5.76 Å². The average Bonchev–Trinajstić information content (AvgIpc) is 2.97. The van der Waals surface area contributed by atoms with E-state index in [1.165, 1.54) is 23.9 Å². The minimum atomic E-state index is -2.48. The van der Waals surface area contributed by atoms with Gasteiger partial charge in [-0.05, 0) is 30.3 Å². The van der Waals surface area contributed by atoms with Gasteiger partial charge in [-0.1, -0.05) is 46.7 Å². The number of anilines is 1. The van der Waals surface area contributed by atoms with Gasteiger partial charge in [-0.2, -0.15) is 8.78 Å². The first kappa shape index (κ1) is 19.2. The summed E-state index contributed by atoms with van der Waals surface area (Å²) in [4.78, 5) is 12.5. The van der Waals surface area contributed by atoms with Gasteiger partial charge in [0.15, 0.2) is 10.8 Å². The number of thioether (sulfide) groups is 2. The van der Waals surface area contributed by atoms with Gasteiger partial charge in [0.1, 0.15) is 0 Å². The van der Waals surface area contributed by atoms with Crippen LogP contribution in [0, 0.1) is 0 Å². The number of amides is 1. The highest BCUT2D eigenvalue weighted by molar-refractivity contribution is 8.00. The number of hydrogen-bond donors (Lipinski definition) is 1. The van der Waals surface area contributed by atoms with Gasteiger partial charge < -0.3 is 5.32 Å². The maximum Gasteiger partial charge on any atom is 0.288 e. The van der Waals surface area contributed by atoms with Crippen molar-refractivity contribution in [1.29, 1.82) is 0 Å². The van der Waals surface area contributed by atoms with Crippen LogP contribution in [0.1, 0.15) is 0 Å². The van der Waals surface area contributed by atoms with Crippen molar-refractivity contribution in [3.05, 3.63) is 46.6 Å². The molecule has 0 unspecified atom stereocenters. The second kappa shape index (κ2) is 8.43. The lowest BCUT2D eigenvalue weighted by Gasteiger charge is -2.06. The molecule has 2 aromatic heterocycles. The number of nitrogens with one attached hydrogen (secondary N) is 1. The Hall–Kier alpha value is -1.55. The Kier molecular flexibility index (Phi) is 6.23. The van der Waals surface area contributed by atoms with Crippen LogP contribution in [0.2, 0.25) is 10.0 Å². The summed E-state index contributed by atoms with van der Waals surface area (Å²) in [5.41, 5.74) is 0.970. The molecule has 0 fully saturated rings. The highest BCUT2D eigenvalue weighted by Crippen LogP contribution is 2.27. The van der Waals surface area contributed by atoms with Gasteiger partial charge in [-0.15, -0.1) is 10.2 Å². The van der Waals surface area contributed by atoms with Crippen molar-refractivity contribution in [2.45, 2.75) is 15.8 Å². The molecule has 26 heavy (non-hydrogen) atoms. The van der Waals surface area contributed by atoms with E-state index in [1.54, 1.807) is 28.8 Å². The zero-order valence-corrected chi connectivity index (χ0v) is 16.0. The Morgan fingerprint density at radius 2 is 1.96 bits per heavy atom. The van der Waals surface area contributed by atoms with Crippen LogP contribution < -0.4 is 5.32 Å². The van der Waals surface area contributed by atoms with Crippen molar-refractivity contribution in [3.63, 3.8) is 0 Å². The highest BCUT2D eigenvalue weighted by atomic mass is 35.5. The molecule has 2 heterocycles. The summed E-state index contributed by atoms with van der Waals surface area (Å²) in [6, 6.07) is 7.74. The molecule has 0 bridgehead atoms. The Bertz CT molecular complexity index is 937. The summed E-state index contributed by atoms with van der Waals surface area (Å²) in [6.45, 7) is 0. The number of hydrogen-bond acceptors (Lipinski definition) is 5. The van der Waals surface area contributed by atoms with Crippen LogP contribution >= 0.6 is 46.7 Å². The lowest BCUT2D eigenvalue weighted by molar-refractivity contribution is -0.113. The molecular weight excluding hydrogens is 425 g/mol. The molecule has 136 valence electrons. The molecule has 1 N–H and O–H groups in total. The summed E-state index contributed by atoms with van der Waals surface area (Å²) in [5.74, 6) is -2.67. The van der Waals surface area contributed by atoms with Gasteiger partial charge in [0.05, 0.1) is 15.8 Å². The van der Waals surface area contributed by atoms with E-state index in [4.69, 9.17) is 23.2 Å². The average molecular weight is 435 g/mol. The first-order chi connectivity index (χ1) is 12.4. The molecule has 0 aliphatic carbocycles. The molecule has 1 aromatic carbocycles. The van der Waals surface area contributed by atoms with Crippen molar-refractivity contribution in [2.24, 2.45) is 0 Å². The molecular formula is C15H10Cl2F2N4OS2. The number of halogens is 4. The van der Waals surface area contributed by atoms with Crippen LogP contribution in [0.15, 0.2) is 46.6 Å². The molecule has 0 aliphatic rings. The maximum atomic E-state index is 12.3. The first-order valence-electron chi connectivity index (χ1n) is 7.09. The molecule has 0 aliphatic heterocycles. The van der Waals surface area contributed by atoms with Crippen LogP contribution in [0.3, 0.4) is 0 Å². The van der Waals surface area contributed by atoms with Gasteiger partial charge in [0.25, 0.3) is 5.76 Å². The van der Waals surface area contributed by atoms with Crippen molar-refractivity contribution >= 4 is 64.0 Å². The monoisotopic (exact) mass is 434 g/mol. The zero-order valence-electron chi connectivity index (χ0n) is 12.8. The maximum absolute atomic E-state index is 12.3. The molecule has 0 spiro atoms. The number of aromatic nitrogens is 3. The number of pyridine rings is 1. The molecule has 3 aromatic rings. The van der Waals surface area contributed by atoms with Crippen molar-refractivity contribution in [2.75, 3.05) is 11.1 Å². The zero-order chi connectivity index (χ0) is 18.7. The predicted octanol–water partition coefficient (Wildman–Crippen LogP) is 5.08. The third kappa shape index (κ3) is 4.79. The lowest BCUT2D eigenvalue weighted by atomic mass is 10.3. The van der Waals surface area contributed by atoms with Crippen molar-refractivity contribution in [1.82, 2.24) is 14.6 Å². The quantitative estimate of drug-likeness (QED) is 0.548. The summed E-state index contributed by atoms with van der Waals surface area (Å²) < 4.78 is 26.2. The normalized spacial score (nSPS) is 11.3. The van der Waals surface area contributed by atoms with E-state index >= 15 is 0 Å². The number of carbonyl (C=O) groups excluding carboxylic acids is 1. The van der Waals surface area contributed by atoms with E-state index in [9.17, 15) is 13.6 Å². The Morgan fingerprint density at radius 3 is 2.65 bits per heavy atom. The highest BCUT2D eigenvalue weighted by Gasteiger charge is 2.12. The molecule has 0 radical (unpaired) electrons. The molecule has 5 nitrogen and oxygen atoms in total. The molecule has 0 saturated heterocycles. The van der Waals surface area contributed by atoms with Crippen molar-refractivity contribution in [3.8, 4) is 0 Å². The first-order valence-corrected chi connectivity index (χ1v) is 9.72. The topological polar surface area (TPSA) is 59.3 Å². The number of carbonyl (C=O) groups is 1. The van der Waals surface area contributed by atoms with Gasteiger partial charge in [0, 0.05) is 16.8 Å². The van der Waals surface area contributed by atoms with E-state index in [1.807, 2.05) is 0 Å². The fraction of sp³-hybridized carbons (Fsp3) is 0.133. The second-order valence-corrected chi connectivity index (χ2v) is 7.77. The Morgan fingerprint density at radius 1 is 1.23 bits per heavy atom. The minimum Gasteiger partial charge on any atom is -0.325 e. The largest absolute Gasteiger partial charge is 0.325 e. The Balaban J connectivity index is 1.61. The van der Waals surface area contributed by atoms with Crippen LogP contribution in [0.4, 0.5) is 14.5 Å². The second-order valence-electron chi connectivity index (χ2n) is 4.92. The van der Waals surface area contributed by atoms with Gasteiger partial charge >= 0.3 is 0 Å². The number of alkyl halides is 2. The summed E-state index contributed by atoms with van der Waals surface area (Å²) in [7, 11) is 0. The van der Waals surface area contributed by atoms with Crippen LogP contribution in [-0.2, 0) is 4.79 Å². The molecule has 0 atom stereocenters. The lowest BCUT2D eigenvalue weighted by Crippen LogP contribution is -2.14. The number of rotatable bonds is 6. The third-order valence-corrected chi connectivity index (χ3v) is 5.24. The van der Waals surface area contributed by atoms with Gasteiger partial charge in [-0.25, -0.2) is 0 Å². The van der Waals surface area contributed by atoms with E-state index in [2.05, 4.69) is 15.5 Å². The number of fused-ring (bicyclic) bond motifs is 1. The number of benzene rings is 1. The smallest absolute Gasteiger partial charge is 0.288 e. The van der Waals surface area contributed by atoms with E-state index in [-0.39, 0.29) is 11.7 Å². The SMILES string of the molecule is O=C(CSc1nnc2c(Cl)cc(Cl)cn12)Nc1ccc(SC(F)F)cc1. The third-order valence-electron chi connectivity index (χ3n) is 3.09. The van der Waals surface area contributed by atoms with E-state index in [0.29, 0.717) is 43.2 Å². The summed E-state index contributed by atoms with van der Waals surface area (Å²) in [6.07, 6.45) is 1.61. The molecule has 3 rings (SSSR count). The fourth-order valence-electron chi connectivity index (χ4n) is 2.05. The van der Waals surface area contributed by atoms with Gasteiger partial charge in [-0.3, -0.25) is 9.20 Å². The Labute approximate surface area is 165 Å². The predicted molar refractivity (Wildman–Crippen MR) is 101 cm³/mol. The molecule has 11 heteroatoms. The summed E-state index contributed by atoms with van der Waals surface area (Å²) >= 11 is 13.6. The van der Waals surface area contributed by atoms with E-state index in [0.717, 1.165) is 0 Å². The van der Waals surface area contributed by atoms with Crippen molar-refractivity contribution < 1.29 is 13.6 Å². The number of nitrogens with zero attached hydrogens (tertiary/aromatic N) is 3. The van der Waals surface area contributed by atoms with Gasteiger partial charge in [0.2, 0.25) is 5.91 Å². The fourth-order valence-corrected chi connectivity index (χ4v) is 3.76. The summed E-state index contributed by atoms with van der Waals surface area (Å²) in [5, 5.41) is 11.9. The molecule has 0 saturated carbocycles. The van der Waals surface area contributed by atoms with Crippen LogP contribution in [-0.4, -0.2) is 32.0 Å². The minimum absolute atomic E-state index is 0.0818. The molecule has 1 amide bonds. The van der Waals surface area contributed by atoms with Crippen LogP contribution in [0.25, 0.3) is 5.65 Å².